The number of aromatic carboxylic acids is 1. The number of nitrogens with zero attached hydrogens (tertiary/aromatic N) is 4. The molecular formula is C17H17N5O4. The minimum atomic E-state index is -1.21. The summed E-state index contributed by atoms with van der Waals surface area (Å²) in [5.41, 5.74) is 1.49. The van der Waals surface area contributed by atoms with Gasteiger partial charge in [0.1, 0.15) is 23.9 Å². The van der Waals surface area contributed by atoms with Crippen LogP contribution in [-0.2, 0) is 4.74 Å². The van der Waals surface area contributed by atoms with Crippen LogP contribution in [-0.4, -0.2) is 42.3 Å². The number of benzene rings is 1. The van der Waals surface area contributed by atoms with E-state index < -0.39 is 5.97 Å². The molecule has 9 nitrogen and oxygen atoms in total. The highest BCUT2D eigenvalue weighted by Gasteiger charge is 2.20. The van der Waals surface area contributed by atoms with E-state index >= 15 is 0 Å². The Bertz CT molecular complexity index is 965. The predicted octanol–water partition coefficient (Wildman–Crippen LogP) is 2.67. The second kappa shape index (κ2) is 6.60. The van der Waals surface area contributed by atoms with Crippen molar-refractivity contribution in [1.29, 1.82) is 0 Å². The molecule has 1 saturated heterocycles. The van der Waals surface area contributed by atoms with Crippen molar-refractivity contribution in [1.82, 2.24) is 19.5 Å². The van der Waals surface area contributed by atoms with Crippen molar-refractivity contribution in [3.63, 3.8) is 0 Å². The SMILES string of the molecule is O=C(O)c1cc(Nc2ncnc3c2ncn3C2CCCCO2)ccc1O. The summed E-state index contributed by atoms with van der Waals surface area (Å²) in [5, 5.41) is 21.8. The van der Waals surface area contributed by atoms with Crippen LogP contribution >= 0.6 is 0 Å². The normalized spacial score (nSPS) is 17.3. The number of fused-ring (bicyclic) bond motifs is 1. The van der Waals surface area contributed by atoms with E-state index in [2.05, 4.69) is 20.3 Å². The van der Waals surface area contributed by atoms with Gasteiger partial charge in [-0.25, -0.2) is 19.7 Å². The van der Waals surface area contributed by atoms with Crippen LogP contribution in [0.25, 0.3) is 11.2 Å². The standard InChI is InChI=1S/C17H17N5O4/c23-12-5-4-10(7-11(12)17(24)25)21-15-14-16(19-8-18-15)22(9-20-14)13-3-1-2-6-26-13/h4-5,7-9,13,23H,1-3,6H2,(H,24,25)(H,18,19,21). The molecule has 0 amide bonds. The van der Waals surface area contributed by atoms with Gasteiger partial charge in [0.15, 0.2) is 17.0 Å². The van der Waals surface area contributed by atoms with Crippen LogP contribution in [0, 0.1) is 0 Å². The maximum absolute atomic E-state index is 11.2. The zero-order chi connectivity index (χ0) is 18.1. The first-order valence-electron chi connectivity index (χ1n) is 8.26. The van der Waals surface area contributed by atoms with Gasteiger partial charge in [-0.15, -0.1) is 0 Å². The Hall–Kier alpha value is -3.20. The van der Waals surface area contributed by atoms with E-state index in [-0.39, 0.29) is 17.5 Å². The second-order valence-electron chi connectivity index (χ2n) is 6.03. The average molecular weight is 355 g/mol. The molecule has 1 fully saturated rings. The summed E-state index contributed by atoms with van der Waals surface area (Å²) in [6.07, 6.45) is 6.05. The van der Waals surface area contributed by atoms with Gasteiger partial charge in [-0.3, -0.25) is 4.57 Å². The molecule has 3 N–H and O–H groups in total. The largest absolute Gasteiger partial charge is 0.507 e. The van der Waals surface area contributed by atoms with Gasteiger partial charge in [0, 0.05) is 12.3 Å². The van der Waals surface area contributed by atoms with E-state index in [1.807, 2.05) is 4.57 Å². The minimum absolute atomic E-state index is 0.0937. The highest BCUT2D eigenvalue weighted by molar-refractivity contribution is 5.93. The second-order valence-corrected chi connectivity index (χ2v) is 6.03. The Morgan fingerprint density at radius 2 is 2.15 bits per heavy atom. The molecule has 134 valence electrons. The highest BCUT2D eigenvalue weighted by atomic mass is 16.5. The number of rotatable bonds is 4. The number of carboxylic acids is 1. The molecule has 0 radical (unpaired) electrons. The number of phenols is 1. The minimum Gasteiger partial charge on any atom is -0.507 e. The van der Waals surface area contributed by atoms with Gasteiger partial charge in [0.2, 0.25) is 0 Å². The Labute approximate surface area is 148 Å². The molecule has 3 aromatic rings. The van der Waals surface area contributed by atoms with Gasteiger partial charge in [-0.1, -0.05) is 0 Å². The van der Waals surface area contributed by atoms with Crippen LogP contribution in [0.15, 0.2) is 30.9 Å². The molecule has 0 bridgehead atoms. The van der Waals surface area contributed by atoms with Crippen molar-refractivity contribution in [2.24, 2.45) is 0 Å². The van der Waals surface area contributed by atoms with Crippen LogP contribution in [0.3, 0.4) is 0 Å². The molecule has 1 unspecified atom stereocenters. The monoisotopic (exact) mass is 355 g/mol. The first-order chi connectivity index (χ1) is 12.6. The summed E-state index contributed by atoms with van der Waals surface area (Å²) in [6.45, 7) is 0.714. The van der Waals surface area contributed by atoms with Gasteiger partial charge < -0.3 is 20.3 Å². The molecule has 26 heavy (non-hydrogen) atoms. The molecule has 1 atom stereocenters. The zero-order valence-corrected chi connectivity index (χ0v) is 13.8. The molecule has 1 aliphatic rings. The van der Waals surface area contributed by atoms with E-state index in [1.165, 1.54) is 18.5 Å². The number of carbonyl (C=O) groups is 1. The average Bonchev–Trinajstić information content (AvgIpc) is 3.09. The molecular weight excluding hydrogens is 338 g/mol. The van der Waals surface area contributed by atoms with Crippen LogP contribution in [0.4, 0.5) is 11.5 Å². The summed E-state index contributed by atoms with van der Waals surface area (Å²) in [6, 6.07) is 4.22. The predicted molar refractivity (Wildman–Crippen MR) is 92.5 cm³/mol. The molecule has 0 saturated carbocycles. The van der Waals surface area contributed by atoms with Crippen molar-refractivity contribution in [3.8, 4) is 5.75 Å². The molecule has 4 rings (SSSR count). The number of aromatic nitrogens is 4. The van der Waals surface area contributed by atoms with E-state index in [4.69, 9.17) is 9.84 Å². The number of aromatic hydroxyl groups is 1. The van der Waals surface area contributed by atoms with Crippen LogP contribution < -0.4 is 5.32 Å². The number of imidazole rings is 1. The molecule has 9 heteroatoms. The molecule has 3 heterocycles. The lowest BCUT2D eigenvalue weighted by atomic mass is 10.2. The van der Waals surface area contributed by atoms with Crippen LogP contribution in [0.2, 0.25) is 0 Å². The van der Waals surface area contributed by atoms with Gasteiger partial charge >= 0.3 is 5.97 Å². The third kappa shape index (κ3) is 2.93. The van der Waals surface area contributed by atoms with Gasteiger partial charge in [-0.2, -0.15) is 0 Å². The number of ether oxygens (including phenoxy) is 1. The summed E-state index contributed by atoms with van der Waals surface area (Å²) in [5.74, 6) is -1.06. The van der Waals surface area contributed by atoms with Crippen molar-refractivity contribution in [2.45, 2.75) is 25.5 Å². The van der Waals surface area contributed by atoms with E-state index in [0.29, 0.717) is 29.3 Å². The smallest absolute Gasteiger partial charge is 0.339 e. The highest BCUT2D eigenvalue weighted by Crippen LogP contribution is 2.29. The summed E-state index contributed by atoms with van der Waals surface area (Å²) >= 11 is 0. The first-order valence-corrected chi connectivity index (χ1v) is 8.26. The Kier molecular flexibility index (Phi) is 4.13. The van der Waals surface area contributed by atoms with Gasteiger partial charge in [0.25, 0.3) is 0 Å². The van der Waals surface area contributed by atoms with E-state index in [0.717, 1.165) is 19.3 Å². The number of hydrogen-bond donors (Lipinski definition) is 3. The molecule has 0 aliphatic carbocycles. The maximum atomic E-state index is 11.2. The lowest BCUT2D eigenvalue weighted by Crippen LogP contribution is -2.17. The Balaban J connectivity index is 1.68. The lowest BCUT2D eigenvalue weighted by molar-refractivity contribution is -0.0298. The summed E-state index contributed by atoms with van der Waals surface area (Å²) < 4.78 is 7.68. The van der Waals surface area contributed by atoms with Crippen molar-refractivity contribution in [2.75, 3.05) is 11.9 Å². The first kappa shape index (κ1) is 16.3. The van der Waals surface area contributed by atoms with Crippen LogP contribution in [0.1, 0.15) is 35.8 Å². The number of nitrogens with one attached hydrogen (secondary N) is 1. The summed E-state index contributed by atoms with van der Waals surface area (Å²) in [7, 11) is 0. The van der Waals surface area contributed by atoms with Crippen molar-refractivity contribution in [3.05, 3.63) is 36.4 Å². The fourth-order valence-corrected chi connectivity index (χ4v) is 3.02. The van der Waals surface area contributed by atoms with Crippen LogP contribution in [0.5, 0.6) is 5.75 Å². The van der Waals surface area contributed by atoms with Gasteiger partial charge in [-0.05, 0) is 37.5 Å². The third-order valence-electron chi connectivity index (χ3n) is 4.31. The number of carboxylic acid groups (broad SMARTS) is 1. The topological polar surface area (TPSA) is 122 Å². The maximum Gasteiger partial charge on any atom is 0.339 e. The van der Waals surface area contributed by atoms with E-state index in [9.17, 15) is 9.90 Å². The quantitative estimate of drug-likeness (QED) is 0.611. The number of anilines is 2. The Morgan fingerprint density at radius 3 is 2.92 bits per heavy atom. The van der Waals surface area contributed by atoms with Crippen molar-refractivity contribution < 1.29 is 19.7 Å². The zero-order valence-electron chi connectivity index (χ0n) is 13.8. The molecule has 0 spiro atoms. The fourth-order valence-electron chi connectivity index (χ4n) is 3.02. The Morgan fingerprint density at radius 1 is 1.27 bits per heavy atom. The molecule has 1 aliphatic heterocycles. The number of hydrogen-bond acceptors (Lipinski definition) is 7. The molecule has 2 aromatic heterocycles. The van der Waals surface area contributed by atoms with Gasteiger partial charge in [0.05, 0.1) is 6.33 Å². The fraction of sp³-hybridized carbons (Fsp3) is 0.294. The van der Waals surface area contributed by atoms with E-state index in [1.54, 1.807) is 12.4 Å². The van der Waals surface area contributed by atoms with Crippen molar-refractivity contribution >= 4 is 28.6 Å². The molecule has 1 aromatic carbocycles. The third-order valence-corrected chi connectivity index (χ3v) is 4.31. The lowest BCUT2D eigenvalue weighted by Gasteiger charge is -2.23. The summed E-state index contributed by atoms with van der Waals surface area (Å²) in [4.78, 5) is 24.1.